The number of pyridine rings is 1. The van der Waals surface area contributed by atoms with E-state index in [1.807, 2.05) is 6.07 Å². The van der Waals surface area contributed by atoms with E-state index in [2.05, 4.69) is 11.1 Å². The van der Waals surface area contributed by atoms with E-state index in [1.54, 1.807) is 24.4 Å². The van der Waals surface area contributed by atoms with Crippen LogP contribution in [0.25, 0.3) is 10.9 Å². The molecule has 0 atom stereocenters. The van der Waals surface area contributed by atoms with Gasteiger partial charge in [-0.1, -0.05) is 6.07 Å². The van der Waals surface area contributed by atoms with Crippen molar-refractivity contribution in [1.29, 1.82) is 5.26 Å². The van der Waals surface area contributed by atoms with Gasteiger partial charge in [0.1, 0.15) is 5.75 Å². The highest BCUT2D eigenvalue weighted by Crippen LogP contribution is 2.22. The summed E-state index contributed by atoms with van der Waals surface area (Å²) in [5.74, 6) is 0.177. The van der Waals surface area contributed by atoms with Gasteiger partial charge >= 0.3 is 0 Å². The number of fused-ring (bicyclic) bond motifs is 1. The fraction of sp³-hybridized carbons (Fsp3) is 0.0909. The van der Waals surface area contributed by atoms with Crippen LogP contribution in [0.2, 0.25) is 0 Å². The Labute approximate surface area is 81.2 Å². The largest absolute Gasteiger partial charge is 0.508 e. The van der Waals surface area contributed by atoms with Crippen LogP contribution in [0, 0.1) is 11.3 Å². The molecular formula is C11H8N2O. The van der Waals surface area contributed by atoms with Crippen molar-refractivity contribution in [2.45, 2.75) is 6.42 Å². The highest BCUT2D eigenvalue weighted by molar-refractivity contribution is 5.83. The minimum atomic E-state index is 0.177. The van der Waals surface area contributed by atoms with Gasteiger partial charge in [0.15, 0.2) is 0 Å². The number of aromatic hydroxyl groups is 1. The Balaban J connectivity index is 2.74. The smallest absolute Gasteiger partial charge is 0.116 e. The Morgan fingerprint density at radius 3 is 3.07 bits per heavy atom. The Morgan fingerprint density at radius 1 is 1.43 bits per heavy atom. The van der Waals surface area contributed by atoms with Gasteiger partial charge in [0.25, 0.3) is 0 Å². The summed E-state index contributed by atoms with van der Waals surface area (Å²) >= 11 is 0. The number of hydrogen-bond acceptors (Lipinski definition) is 3. The maximum atomic E-state index is 9.40. The molecule has 0 radical (unpaired) electrons. The number of phenols is 1. The van der Waals surface area contributed by atoms with Crippen LogP contribution in [0.3, 0.4) is 0 Å². The van der Waals surface area contributed by atoms with Crippen molar-refractivity contribution in [2.24, 2.45) is 0 Å². The lowest BCUT2D eigenvalue weighted by molar-refractivity contribution is 0.475. The quantitative estimate of drug-likeness (QED) is 0.737. The zero-order chi connectivity index (χ0) is 9.97. The summed E-state index contributed by atoms with van der Waals surface area (Å²) in [7, 11) is 0. The zero-order valence-corrected chi connectivity index (χ0v) is 7.44. The molecule has 3 nitrogen and oxygen atoms in total. The fourth-order valence-corrected chi connectivity index (χ4v) is 1.47. The summed E-state index contributed by atoms with van der Waals surface area (Å²) in [6, 6.07) is 8.94. The number of rotatable bonds is 1. The van der Waals surface area contributed by atoms with Crippen LogP contribution in [-0.4, -0.2) is 10.1 Å². The molecule has 0 saturated heterocycles. The maximum Gasteiger partial charge on any atom is 0.116 e. The lowest BCUT2D eigenvalue weighted by Gasteiger charge is -2.02. The van der Waals surface area contributed by atoms with Gasteiger partial charge in [-0.2, -0.15) is 5.26 Å². The van der Waals surface area contributed by atoms with E-state index in [0.717, 1.165) is 16.5 Å². The second kappa shape index (κ2) is 3.35. The van der Waals surface area contributed by atoms with Crippen molar-refractivity contribution in [3.05, 3.63) is 36.0 Å². The van der Waals surface area contributed by atoms with E-state index in [0.29, 0.717) is 0 Å². The summed E-state index contributed by atoms with van der Waals surface area (Å²) in [5.41, 5.74) is 1.55. The Morgan fingerprint density at radius 2 is 2.29 bits per heavy atom. The molecule has 2 aromatic rings. The van der Waals surface area contributed by atoms with Gasteiger partial charge < -0.3 is 5.11 Å². The Hall–Kier alpha value is -2.08. The third kappa shape index (κ3) is 1.38. The van der Waals surface area contributed by atoms with Gasteiger partial charge in [0, 0.05) is 11.6 Å². The molecule has 0 saturated carbocycles. The predicted molar refractivity (Wildman–Crippen MR) is 52.7 cm³/mol. The Kier molecular flexibility index (Phi) is 2.04. The van der Waals surface area contributed by atoms with Crippen molar-refractivity contribution in [3.8, 4) is 11.8 Å². The summed E-state index contributed by atoms with van der Waals surface area (Å²) in [4.78, 5) is 4.18. The molecular weight excluding hydrogens is 176 g/mol. The third-order valence-electron chi connectivity index (χ3n) is 2.04. The second-order valence-corrected chi connectivity index (χ2v) is 3.01. The topological polar surface area (TPSA) is 56.9 Å². The first-order chi connectivity index (χ1) is 6.81. The fourth-order valence-electron chi connectivity index (χ4n) is 1.47. The van der Waals surface area contributed by atoms with Crippen molar-refractivity contribution in [2.75, 3.05) is 0 Å². The van der Waals surface area contributed by atoms with Crippen molar-refractivity contribution < 1.29 is 5.11 Å². The number of aromatic nitrogens is 1. The highest BCUT2D eigenvalue weighted by Gasteiger charge is 2.03. The van der Waals surface area contributed by atoms with Gasteiger partial charge in [-0.25, -0.2) is 0 Å². The first-order valence-electron chi connectivity index (χ1n) is 4.25. The van der Waals surface area contributed by atoms with E-state index in [9.17, 15) is 5.11 Å². The molecule has 3 heteroatoms. The molecule has 0 aliphatic rings. The highest BCUT2D eigenvalue weighted by atomic mass is 16.3. The first-order valence-corrected chi connectivity index (χ1v) is 4.25. The molecule has 1 aromatic carbocycles. The normalized spacial score (nSPS) is 9.93. The molecule has 0 bridgehead atoms. The minimum absolute atomic E-state index is 0.177. The van der Waals surface area contributed by atoms with Crippen LogP contribution in [0.15, 0.2) is 30.5 Å². The third-order valence-corrected chi connectivity index (χ3v) is 2.04. The molecule has 0 fully saturated rings. The lowest BCUT2D eigenvalue weighted by atomic mass is 10.1. The number of nitrogens with zero attached hydrogens (tertiary/aromatic N) is 2. The van der Waals surface area contributed by atoms with E-state index < -0.39 is 0 Å². The van der Waals surface area contributed by atoms with E-state index >= 15 is 0 Å². The molecule has 0 unspecified atom stereocenters. The lowest BCUT2D eigenvalue weighted by Crippen LogP contribution is -1.87. The molecule has 0 aliphatic carbocycles. The van der Waals surface area contributed by atoms with Gasteiger partial charge in [-0.05, 0) is 23.8 Å². The van der Waals surface area contributed by atoms with Gasteiger partial charge in [-0.3, -0.25) is 4.98 Å². The molecule has 1 aromatic heterocycles. The second-order valence-electron chi connectivity index (χ2n) is 3.01. The van der Waals surface area contributed by atoms with Crippen molar-refractivity contribution >= 4 is 10.9 Å². The average molecular weight is 184 g/mol. The monoisotopic (exact) mass is 184 g/mol. The summed E-state index contributed by atoms with van der Waals surface area (Å²) < 4.78 is 0. The molecule has 0 spiro atoms. The molecule has 1 N–H and O–H groups in total. The molecule has 0 aliphatic heterocycles. The molecule has 68 valence electrons. The zero-order valence-electron chi connectivity index (χ0n) is 7.44. The number of nitriles is 1. The minimum Gasteiger partial charge on any atom is -0.508 e. The van der Waals surface area contributed by atoms with Gasteiger partial charge in [0.05, 0.1) is 18.0 Å². The van der Waals surface area contributed by atoms with Crippen LogP contribution >= 0.6 is 0 Å². The van der Waals surface area contributed by atoms with Crippen molar-refractivity contribution in [1.82, 2.24) is 4.98 Å². The molecule has 1 heterocycles. The summed E-state index contributed by atoms with van der Waals surface area (Å²) in [6.45, 7) is 0. The van der Waals surface area contributed by atoms with E-state index in [4.69, 9.17) is 5.26 Å². The number of benzene rings is 1. The number of hydrogen-bond donors (Lipinski definition) is 1. The average Bonchev–Trinajstić information content (AvgIpc) is 2.18. The maximum absolute atomic E-state index is 9.40. The molecule has 14 heavy (non-hydrogen) atoms. The first kappa shape index (κ1) is 8.52. The van der Waals surface area contributed by atoms with Crippen LogP contribution in [0.4, 0.5) is 0 Å². The molecule has 0 amide bonds. The van der Waals surface area contributed by atoms with Crippen LogP contribution in [0.1, 0.15) is 5.56 Å². The van der Waals surface area contributed by atoms with Crippen LogP contribution in [-0.2, 0) is 6.42 Å². The van der Waals surface area contributed by atoms with Gasteiger partial charge in [-0.15, -0.1) is 0 Å². The number of phenolic OH excluding ortho intramolecular Hbond substituents is 1. The predicted octanol–water partition coefficient (Wildman–Crippen LogP) is 2.01. The Bertz CT molecular complexity index is 514. The summed E-state index contributed by atoms with van der Waals surface area (Å²) in [5, 5.41) is 18.9. The van der Waals surface area contributed by atoms with Crippen LogP contribution in [0.5, 0.6) is 5.75 Å². The van der Waals surface area contributed by atoms with Crippen molar-refractivity contribution in [3.63, 3.8) is 0 Å². The summed E-state index contributed by atoms with van der Waals surface area (Å²) in [6.07, 6.45) is 1.95. The van der Waals surface area contributed by atoms with Gasteiger partial charge in [0.2, 0.25) is 0 Å². The SMILES string of the molecule is N#CCc1cc(O)cc2cccnc12. The van der Waals surface area contributed by atoms with Crippen LogP contribution < -0.4 is 0 Å². The van der Waals surface area contributed by atoms with E-state index in [1.165, 1.54) is 0 Å². The van der Waals surface area contributed by atoms with E-state index in [-0.39, 0.29) is 12.2 Å². The molecule has 2 rings (SSSR count). The standard InChI is InChI=1S/C11H8N2O/c12-4-3-9-7-10(14)6-8-2-1-5-13-11(8)9/h1-2,5-7,14H,3H2.